The van der Waals surface area contributed by atoms with E-state index < -0.39 is 12.6 Å². The van der Waals surface area contributed by atoms with E-state index in [4.69, 9.17) is 22.7 Å². The minimum atomic E-state index is -4.15. The fraction of sp³-hybridized carbons (Fsp3) is 0.364. The van der Waals surface area contributed by atoms with Gasteiger partial charge >= 0.3 is 6.18 Å². The number of ether oxygens (including phenoxy) is 1. The molecule has 0 aliphatic heterocycles. The average Bonchev–Trinajstić information content (AvgIpc) is 2.23. The molecule has 2 N–H and O–H groups in total. The highest BCUT2D eigenvalue weighted by molar-refractivity contribution is 7.80. The van der Waals surface area contributed by atoms with Crippen molar-refractivity contribution in [2.45, 2.75) is 19.0 Å². The Morgan fingerprint density at radius 2 is 1.94 bits per heavy atom. The van der Waals surface area contributed by atoms with E-state index in [1.165, 1.54) is 0 Å². The van der Waals surface area contributed by atoms with Crippen LogP contribution in [0.1, 0.15) is 18.4 Å². The zero-order valence-corrected chi connectivity index (χ0v) is 9.77. The molecular formula is C11H12F3NOS. The molecule has 0 atom stereocenters. The van der Waals surface area contributed by atoms with Gasteiger partial charge in [0.1, 0.15) is 10.7 Å². The first-order valence-electron chi connectivity index (χ1n) is 4.98. The van der Waals surface area contributed by atoms with Crippen LogP contribution in [0.3, 0.4) is 0 Å². The molecule has 17 heavy (non-hydrogen) atoms. The zero-order valence-electron chi connectivity index (χ0n) is 8.96. The lowest BCUT2D eigenvalue weighted by Gasteiger charge is -2.11. The molecule has 0 saturated heterocycles. The molecule has 94 valence electrons. The number of benzene rings is 1. The number of thiocarbonyl (C=S) groups is 1. The van der Waals surface area contributed by atoms with E-state index in [0.717, 1.165) is 0 Å². The predicted octanol–water partition coefficient (Wildman–Crippen LogP) is 3.04. The SMILES string of the molecule is NC(=S)c1ccccc1OCCCC(F)(F)F. The Labute approximate surface area is 103 Å². The quantitative estimate of drug-likeness (QED) is 0.655. The maximum atomic E-state index is 11.9. The van der Waals surface area contributed by atoms with Gasteiger partial charge < -0.3 is 10.5 Å². The number of alkyl halides is 3. The van der Waals surface area contributed by atoms with Gasteiger partial charge in [0.05, 0.1) is 12.2 Å². The van der Waals surface area contributed by atoms with Crippen LogP contribution in [0.2, 0.25) is 0 Å². The van der Waals surface area contributed by atoms with Gasteiger partial charge in [-0.3, -0.25) is 0 Å². The third kappa shape index (κ3) is 5.04. The van der Waals surface area contributed by atoms with Crippen molar-refractivity contribution in [3.05, 3.63) is 29.8 Å². The summed E-state index contributed by atoms with van der Waals surface area (Å²) in [6.07, 6.45) is -5.09. The maximum Gasteiger partial charge on any atom is 0.389 e. The normalized spacial score (nSPS) is 11.2. The summed E-state index contributed by atoms with van der Waals surface area (Å²) in [6.45, 7) is -0.0147. The van der Waals surface area contributed by atoms with Gasteiger partial charge in [0.2, 0.25) is 0 Å². The van der Waals surface area contributed by atoms with Crippen LogP contribution in [0.4, 0.5) is 13.2 Å². The minimum absolute atomic E-state index is 0.0147. The summed E-state index contributed by atoms with van der Waals surface area (Å²) in [4.78, 5) is 0.163. The van der Waals surface area contributed by atoms with E-state index in [2.05, 4.69) is 0 Å². The molecule has 1 aromatic rings. The van der Waals surface area contributed by atoms with Gasteiger partial charge in [-0.1, -0.05) is 24.4 Å². The smallest absolute Gasteiger partial charge is 0.389 e. The minimum Gasteiger partial charge on any atom is -0.493 e. The Bertz CT molecular complexity index is 393. The first kappa shape index (κ1) is 13.8. The molecule has 0 aromatic heterocycles. The lowest BCUT2D eigenvalue weighted by Crippen LogP contribution is -2.13. The number of hydrogen-bond acceptors (Lipinski definition) is 2. The first-order chi connectivity index (χ1) is 7.90. The van der Waals surface area contributed by atoms with Crippen LogP contribution in [0.5, 0.6) is 5.75 Å². The number of para-hydroxylation sites is 1. The van der Waals surface area contributed by atoms with E-state index in [-0.39, 0.29) is 18.0 Å². The highest BCUT2D eigenvalue weighted by atomic mass is 32.1. The summed E-state index contributed by atoms with van der Waals surface area (Å²) < 4.78 is 40.9. The van der Waals surface area contributed by atoms with Gasteiger partial charge in [0.15, 0.2) is 0 Å². The van der Waals surface area contributed by atoms with E-state index in [1.54, 1.807) is 24.3 Å². The molecule has 0 aliphatic rings. The Morgan fingerprint density at radius 3 is 2.53 bits per heavy atom. The fourth-order valence-corrected chi connectivity index (χ4v) is 1.42. The van der Waals surface area contributed by atoms with Gasteiger partial charge in [-0.15, -0.1) is 0 Å². The molecule has 0 spiro atoms. The van der Waals surface area contributed by atoms with Crippen molar-refractivity contribution in [2.75, 3.05) is 6.61 Å². The van der Waals surface area contributed by atoms with Crippen LogP contribution < -0.4 is 10.5 Å². The van der Waals surface area contributed by atoms with Gasteiger partial charge in [-0.25, -0.2) is 0 Å². The van der Waals surface area contributed by atoms with Crippen LogP contribution in [0.25, 0.3) is 0 Å². The van der Waals surface area contributed by atoms with Gasteiger partial charge in [0.25, 0.3) is 0 Å². The van der Waals surface area contributed by atoms with Crippen molar-refractivity contribution < 1.29 is 17.9 Å². The zero-order chi connectivity index (χ0) is 12.9. The monoisotopic (exact) mass is 263 g/mol. The lowest BCUT2D eigenvalue weighted by atomic mass is 10.2. The second-order valence-corrected chi connectivity index (χ2v) is 3.87. The second kappa shape index (κ2) is 5.86. The molecule has 0 heterocycles. The predicted molar refractivity (Wildman–Crippen MR) is 63.1 cm³/mol. The van der Waals surface area contributed by atoms with Gasteiger partial charge in [-0.2, -0.15) is 13.2 Å². The summed E-state index contributed by atoms with van der Waals surface area (Å²) >= 11 is 4.81. The number of nitrogens with two attached hydrogens (primary N) is 1. The molecule has 1 aromatic carbocycles. The molecular weight excluding hydrogens is 251 g/mol. The van der Waals surface area contributed by atoms with E-state index in [1.807, 2.05) is 0 Å². The molecule has 0 bridgehead atoms. The molecule has 0 saturated carbocycles. The lowest BCUT2D eigenvalue weighted by molar-refractivity contribution is -0.136. The Hall–Kier alpha value is -1.30. The summed E-state index contributed by atoms with van der Waals surface area (Å²) in [5.41, 5.74) is 6.00. The average molecular weight is 263 g/mol. The highest BCUT2D eigenvalue weighted by Gasteiger charge is 2.26. The van der Waals surface area contributed by atoms with Crippen LogP contribution in [0, 0.1) is 0 Å². The van der Waals surface area contributed by atoms with E-state index >= 15 is 0 Å². The van der Waals surface area contributed by atoms with E-state index in [0.29, 0.717) is 11.3 Å². The van der Waals surface area contributed by atoms with Crippen LogP contribution >= 0.6 is 12.2 Å². The molecule has 0 amide bonds. The molecule has 0 fully saturated rings. The third-order valence-corrected chi connectivity index (χ3v) is 2.23. The summed E-state index contributed by atoms with van der Waals surface area (Å²) in [6, 6.07) is 6.74. The van der Waals surface area contributed by atoms with Crippen LogP contribution in [-0.4, -0.2) is 17.8 Å². The van der Waals surface area contributed by atoms with Crippen molar-refractivity contribution in [1.29, 1.82) is 0 Å². The van der Waals surface area contributed by atoms with Crippen LogP contribution in [-0.2, 0) is 0 Å². The van der Waals surface area contributed by atoms with Gasteiger partial charge in [-0.05, 0) is 18.6 Å². The Balaban J connectivity index is 2.49. The van der Waals surface area contributed by atoms with Crippen molar-refractivity contribution in [3.8, 4) is 5.75 Å². The molecule has 1 rings (SSSR count). The molecule has 0 aliphatic carbocycles. The van der Waals surface area contributed by atoms with E-state index in [9.17, 15) is 13.2 Å². The number of halogens is 3. The molecule has 2 nitrogen and oxygen atoms in total. The van der Waals surface area contributed by atoms with Crippen molar-refractivity contribution in [1.82, 2.24) is 0 Å². The molecule has 6 heteroatoms. The maximum absolute atomic E-state index is 11.9. The molecule has 0 radical (unpaired) electrons. The first-order valence-corrected chi connectivity index (χ1v) is 5.39. The largest absolute Gasteiger partial charge is 0.493 e. The highest BCUT2D eigenvalue weighted by Crippen LogP contribution is 2.22. The summed E-state index contributed by atoms with van der Waals surface area (Å²) in [7, 11) is 0. The fourth-order valence-electron chi connectivity index (χ4n) is 1.25. The van der Waals surface area contributed by atoms with Crippen molar-refractivity contribution >= 4 is 17.2 Å². The second-order valence-electron chi connectivity index (χ2n) is 3.43. The molecule has 0 unspecified atom stereocenters. The van der Waals surface area contributed by atoms with Crippen molar-refractivity contribution in [3.63, 3.8) is 0 Å². The Kier molecular flexibility index (Phi) is 4.74. The number of rotatable bonds is 5. The number of hydrogen-bond donors (Lipinski definition) is 1. The summed E-state index contributed by atoms with van der Waals surface area (Å²) in [5.74, 6) is 0.419. The third-order valence-electron chi connectivity index (χ3n) is 2.01. The van der Waals surface area contributed by atoms with Gasteiger partial charge in [0, 0.05) is 6.42 Å². The topological polar surface area (TPSA) is 35.2 Å². The standard InChI is InChI=1S/C11H12F3NOS/c12-11(13,14)6-3-7-16-9-5-2-1-4-8(9)10(15)17/h1-2,4-5H,3,6-7H2,(H2,15,17). The summed E-state index contributed by atoms with van der Waals surface area (Å²) in [5, 5.41) is 0. The van der Waals surface area contributed by atoms with Crippen molar-refractivity contribution in [2.24, 2.45) is 5.73 Å². The van der Waals surface area contributed by atoms with Crippen LogP contribution in [0.15, 0.2) is 24.3 Å². The Morgan fingerprint density at radius 1 is 1.29 bits per heavy atom.